The molecule has 1 unspecified atom stereocenters. The standard InChI is InChI=1S/C31H40N6O8/c1-31(2,3)45-30(44)32-19-11-12-36(18-19)26(40)6-4-5-25(39)35-15-13-34(14-16-35)20-7-8-21-22(17-20)29(43)37(28(21)42)23-9-10-24(38)33-27(23)41/h7-8,17,19,23H,4-6,9-16,18H2,1-3H3,(H,32,44)(H,33,38,41)/t19-,23?/m0/s1. The molecule has 3 fully saturated rings. The fourth-order valence-corrected chi connectivity index (χ4v) is 6.16. The van der Waals surface area contributed by atoms with Crippen LogP contribution in [0.3, 0.4) is 0 Å². The first-order valence-electron chi connectivity index (χ1n) is 15.5. The van der Waals surface area contributed by atoms with E-state index in [0.29, 0.717) is 52.1 Å². The summed E-state index contributed by atoms with van der Waals surface area (Å²) in [5.74, 6) is -2.24. The summed E-state index contributed by atoms with van der Waals surface area (Å²) in [6.07, 6.45) is 1.25. The van der Waals surface area contributed by atoms with Crippen molar-refractivity contribution in [3.8, 4) is 0 Å². The van der Waals surface area contributed by atoms with Crippen LogP contribution in [0.4, 0.5) is 10.5 Å². The van der Waals surface area contributed by atoms with Crippen molar-refractivity contribution < 1.29 is 38.3 Å². The molecule has 3 saturated heterocycles. The Morgan fingerprint density at radius 1 is 0.889 bits per heavy atom. The first-order valence-corrected chi connectivity index (χ1v) is 15.5. The highest BCUT2D eigenvalue weighted by Gasteiger charge is 2.45. The highest BCUT2D eigenvalue weighted by Crippen LogP contribution is 2.31. The molecule has 4 heterocycles. The molecule has 5 rings (SSSR count). The highest BCUT2D eigenvalue weighted by molar-refractivity contribution is 6.23. The number of nitrogens with one attached hydrogen (secondary N) is 2. The number of piperazine rings is 1. The van der Waals surface area contributed by atoms with Gasteiger partial charge in [0.25, 0.3) is 11.8 Å². The number of alkyl carbamates (subject to hydrolysis) is 1. The van der Waals surface area contributed by atoms with E-state index in [9.17, 15) is 33.6 Å². The van der Waals surface area contributed by atoms with Crippen molar-refractivity contribution in [1.29, 1.82) is 0 Å². The lowest BCUT2D eigenvalue weighted by Crippen LogP contribution is -2.54. The number of ether oxygens (including phenoxy) is 1. The number of hydrogen-bond donors (Lipinski definition) is 2. The van der Waals surface area contributed by atoms with Gasteiger partial charge in [0.15, 0.2) is 0 Å². The van der Waals surface area contributed by atoms with E-state index in [4.69, 9.17) is 4.74 Å². The predicted octanol–water partition coefficient (Wildman–Crippen LogP) is 1.03. The number of carbonyl (C=O) groups is 7. The summed E-state index contributed by atoms with van der Waals surface area (Å²) < 4.78 is 5.29. The molecule has 2 N–H and O–H groups in total. The Morgan fingerprint density at radius 3 is 2.22 bits per heavy atom. The van der Waals surface area contributed by atoms with Crippen LogP contribution >= 0.6 is 0 Å². The molecule has 7 amide bonds. The average Bonchev–Trinajstić information content (AvgIpc) is 3.54. The summed E-state index contributed by atoms with van der Waals surface area (Å²) in [5.41, 5.74) is 0.587. The third kappa shape index (κ3) is 7.26. The summed E-state index contributed by atoms with van der Waals surface area (Å²) in [6, 6.07) is 3.82. The van der Waals surface area contributed by atoms with Crippen LogP contribution in [0.1, 0.15) is 80.0 Å². The molecular weight excluding hydrogens is 584 g/mol. The van der Waals surface area contributed by atoms with E-state index in [0.717, 1.165) is 10.6 Å². The molecule has 0 radical (unpaired) electrons. The molecule has 4 aliphatic rings. The topological polar surface area (TPSA) is 166 Å². The van der Waals surface area contributed by atoms with E-state index in [-0.39, 0.29) is 54.7 Å². The monoisotopic (exact) mass is 624 g/mol. The molecular formula is C31H40N6O8. The number of likely N-dealkylation sites (tertiary alicyclic amines) is 1. The second kappa shape index (κ2) is 12.9. The minimum absolute atomic E-state index is 0.0250. The van der Waals surface area contributed by atoms with Gasteiger partial charge in [0.2, 0.25) is 23.6 Å². The maximum absolute atomic E-state index is 13.2. The van der Waals surface area contributed by atoms with Crippen molar-refractivity contribution in [2.24, 2.45) is 0 Å². The van der Waals surface area contributed by atoms with E-state index >= 15 is 0 Å². The Kier molecular flexibility index (Phi) is 9.12. The van der Waals surface area contributed by atoms with Crippen LogP contribution in [0.5, 0.6) is 0 Å². The average molecular weight is 625 g/mol. The molecule has 0 aromatic heterocycles. The van der Waals surface area contributed by atoms with Gasteiger partial charge < -0.3 is 24.8 Å². The van der Waals surface area contributed by atoms with E-state index in [1.807, 2.05) is 4.90 Å². The number of piperidine rings is 1. The van der Waals surface area contributed by atoms with Crippen LogP contribution in [-0.2, 0) is 23.9 Å². The largest absolute Gasteiger partial charge is 0.444 e. The number of imide groups is 2. The van der Waals surface area contributed by atoms with Crippen LogP contribution in [0, 0.1) is 0 Å². The first-order chi connectivity index (χ1) is 21.3. The fourth-order valence-electron chi connectivity index (χ4n) is 6.16. The summed E-state index contributed by atoms with van der Waals surface area (Å²) in [4.78, 5) is 94.0. The minimum Gasteiger partial charge on any atom is -0.444 e. The molecule has 0 saturated carbocycles. The molecule has 0 spiro atoms. The molecule has 242 valence electrons. The summed E-state index contributed by atoms with van der Waals surface area (Å²) >= 11 is 0. The lowest BCUT2D eigenvalue weighted by atomic mass is 10.0. The maximum Gasteiger partial charge on any atom is 0.407 e. The SMILES string of the molecule is CC(C)(C)OC(=O)N[C@H]1CCN(C(=O)CCCC(=O)N2CCN(c3ccc4c(c3)C(=O)N(C3CCC(=O)NC3=O)C4=O)CC2)C1. The van der Waals surface area contributed by atoms with Gasteiger partial charge in [0, 0.05) is 64.2 Å². The molecule has 4 aliphatic heterocycles. The van der Waals surface area contributed by atoms with Crippen LogP contribution in [0.2, 0.25) is 0 Å². The van der Waals surface area contributed by atoms with Crippen molar-refractivity contribution >= 4 is 47.2 Å². The Morgan fingerprint density at radius 2 is 1.56 bits per heavy atom. The van der Waals surface area contributed by atoms with Crippen LogP contribution in [-0.4, -0.2) is 113 Å². The van der Waals surface area contributed by atoms with Crippen molar-refractivity contribution in [2.45, 2.75) is 77.0 Å². The van der Waals surface area contributed by atoms with E-state index < -0.39 is 41.4 Å². The van der Waals surface area contributed by atoms with E-state index in [2.05, 4.69) is 10.6 Å². The van der Waals surface area contributed by atoms with Gasteiger partial charge in [-0.3, -0.25) is 39.0 Å². The lowest BCUT2D eigenvalue weighted by Gasteiger charge is -2.36. The number of fused-ring (bicyclic) bond motifs is 1. The molecule has 14 nitrogen and oxygen atoms in total. The lowest BCUT2D eigenvalue weighted by molar-refractivity contribution is -0.136. The van der Waals surface area contributed by atoms with Gasteiger partial charge in [-0.1, -0.05) is 0 Å². The zero-order valence-electron chi connectivity index (χ0n) is 25.9. The number of anilines is 1. The van der Waals surface area contributed by atoms with Gasteiger partial charge in [0.05, 0.1) is 17.2 Å². The zero-order chi connectivity index (χ0) is 32.5. The van der Waals surface area contributed by atoms with Gasteiger partial charge in [-0.2, -0.15) is 0 Å². The van der Waals surface area contributed by atoms with Crippen molar-refractivity contribution in [1.82, 2.24) is 25.3 Å². The fraction of sp³-hybridized carbons (Fsp3) is 0.581. The Bertz CT molecular complexity index is 1410. The molecule has 2 atom stereocenters. The van der Waals surface area contributed by atoms with Crippen molar-refractivity contribution in [3.05, 3.63) is 29.3 Å². The summed E-state index contributed by atoms with van der Waals surface area (Å²) in [7, 11) is 0. The van der Waals surface area contributed by atoms with Gasteiger partial charge >= 0.3 is 6.09 Å². The maximum atomic E-state index is 13.2. The molecule has 0 bridgehead atoms. The Balaban J connectivity index is 1.05. The second-order valence-corrected chi connectivity index (χ2v) is 12.9. The number of nitrogens with zero attached hydrogens (tertiary/aromatic N) is 4. The summed E-state index contributed by atoms with van der Waals surface area (Å²) in [6.45, 7) is 8.36. The molecule has 0 aliphatic carbocycles. The smallest absolute Gasteiger partial charge is 0.407 e. The molecule has 14 heteroatoms. The molecule has 45 heavy (non-hydrogen) atoms. The Hall–Kier alpha value is -4.49. The van der Waals surface area contributed by atoms with E-state index in [1.54, 1.807) is 48.8 Å². The number of amides is 7. The van der Waals surface area contributed by atoms with Gasteiger partial charge in [-0.15, -0.1) is 0 Å². The predicted molar refractivity (Wildman–Crippen MR) is 160 cm³/mol. The quantitative estimate of drug-likeness (QED) is 0.422. The van der Waals surface area contributed by atoms with Crippen LogP contribution in [0.25, 0.3) is 0 Å². The third-order valence-electron chi connectivity index (χ3n) is 8.46. The first kappa shape index (κ1) is 31.9. The van der Waals surface area contributed by atoms with E-state index in [1.165, 1.54) is 0 Å². The third-order valence-corrected chi connectivity index (χ3v) is 8.46. The van der Waals surface area contributed by atoms with Gasteiger partial charge in [-0.25, -0.2) is 4.79 Å². The number of rotatable bonds is 7. The van der Waals surface area contributed by atoms with Crippen molar-refractivity contribution in [3.63, 3.8) is 0 Å². The molecule has 1 aromatic rings. The number of carbonyl (C=O) groups excluding carboxylic acids is 7. The summed E-state index contributed by atoms with van der Waals surface area (Å²) in [5, 5.41) is 5.00. The van der Waals surface area contributed by atoms with Crippen LogP contribution in [0.15, 0.2) is 18.2 Å². The zero-order valence-corrected chi connectivity index (χ0v) is 25.9. The van der Waals surface area contributed by atoms with Gasteiger partial charge in [-0.05, 0) is 58.2 Å². The number of hydrogen-bond acceptors (Lipinski definition) is 9. The van der Waals surface area contributed by atoms with Crippen molar-refractivity contribution in [2.75, 3.05) is 44.2 Å². The Labute approximate surface area is 261 Å². The normalized spacial score (nSPS) is 22.0. The second-order valence-electron chi connectivity index (χ2n) is 12.9. The highest BCUT2D eigenvalue weighted by atomic mass is 16.6. The molecule has 1 aromatic carbocycles. The van der Waals surface area contributed by atoms with Crippen LogP contribution < -0.4 is 15.5 Å². The minimum atomic E-state index is -1.02. The number of benzene rings is 1. The van der Waals surface area contributed by atoms with Gasteiger partial charge in [0.1, 0.15) is 11.6 Å².